The highest BCUT2D eigenvalue weighted by Crippen LogP contribution is 2.12. The van der Waals surface area contributed by atoms with E-state index < -0.39 is 29.8 Å². The average Bonchev–Trinajstić information content (AvgIpc) is 2.22. The van der Waals surface area contributed by atoms with Gasteiger partial charge in [-0.3, -0.25) is 0 Å². The van der Waals surface area contributed by atoms with Gasteiger partial charge in [0.25, 0.3) is 0 Å². The number of alkyl carbamates (subject to hydrolysis) is 1. The van der Waals surface area contributed by atoms with E-state index in [2.05, 4.69) is 10.1 Å². The second-order valence-corrected chi connectivity index (χ2v) is 5.85. The number of aliphatic hydroxyl groups is 1. The summed E-state index contributed by atoms with van der Waals surface area (Å²) in [5.41, 5.74) is -0.636. The van der Waals surface area contributed by atoms with Gasteiger partial charge in [-0.1, -0.05) is 13.8 Å². The van der Waals surface area contributed by atoms with Crippen molar-refractivity contribution in [3.63, 3.8) is 0 Å². The molecular weight excluding hydrogens is 250 g/mol. The van der Waals surface area contributed by atoms with E-state index >= 15 is 0 Å². The van der Waals surface area contributed by atoms with Crippen LogP contribution in [0.3, 0.4) is 0 Å². The van der Waals surface area contributed by atoms with Gasteiger partial charge < -0.3 is 19.9 Å². The van der Waals surface area contributed by atoms with Crippen LogP contribution in [-0.4, -0.2) is 42.0 Å². The predicted molar refractivity (Wildman–Crippen MR) is 70.6 cm³/mol. The fourth-order valence-corrected chi connectivity index (χ4v) is 1.52. The maximum atomic E-state index is 11.7. The lowest BCUT2D eigenvalue weighted by atomic mass is 9.99. The Morgan fingerprint density at radius 1 is 1.26 bits per heavy atom. The lowest BCUT2D eigenvalue weighted by molar-refractivity contribution is -0.152. The first-order valence-corrected chi connectivity index (χ1v) is 6.32. The first-order valence-electron chi connectivity index (χ1n) is 6.32. The van der Waals surface area contributed by atoms with E-state index in [0.29, 0.717) is 6.42 Å². The highest BCUT2D eigenvalue weighted by atomic mass is 16.6. The number of methoxy groups -OCH3 is 1. The summed E-state index contributed by atoms with van der Waals surface area (Å²) in [6.45, 7) is 9.06. The Morgan fingerprint density at radius 3 is 2.16 bits per heavy atom. The van der Waals surface area contributed by atoms with Crippen LogP contribution in [0.15, 0.2) is 0 Å². The van der Waals surface area contributed by atoms with Crippen LogP contribution in [0, 0.1) is 5.92 Å². The third-order valence-electron chi connectivity index (χ3n) is 2.25. The standard InChI is InChI=1S/C13H25NO5/c1-8(2)7-9(10(15)11(16)18-6)14-12(17)19-13(3,4)5/h8-10,15H,7H2,1-6H3,(H,14,17)/t9-,10-/m0/s1. The van der Waals surface area contributed by atoms with Gasteiger partial charge in [0.1, 0.15) is 5.60 Å². The summed E-state index contributed by atoms with van der Waals surface area (Å²) in [5, 5.41) is 12.3. The van der Waals surface area contributed by atoms with E-state index in [4.69, 9.17) is 4.74 Å². The van der Waals surface area contributed by atoms with Crippen LogP contribution in [0.25, 0.3) is 0 Å². The molecule has 112 valence electrons. The zero-order valence-electron chi connectivity index (χ0n) is 12.5. The molecule has 0 radical (unpaired) electrons. The summed E-state index contributed by atoms with van der Waals surface area (Å²) in [6, 6.07) is -0.734. The molecule has 0 rings (SSSR count). The predicted octanol–water partition coefficient (Wildman–Crippen LogP) is 1.46. The summed E-state index contributed by atoms with van der Waals surface area (Å²) < 4.78 is 9.58. The van der Waals surface area contributed by atoms with Crippen molar-refractivity contribution in [2.24, 2.45) is 5.92 Å². The molecule has 0 heterocycles. The largest absolute Gasteiger partial charge is 0.467 e. The quantitative estimate of drug-likeness (QED) is 0.742. The van der Waals surface area contributed by atoms with E-state index in [-0.39, 0.29) is 5.92 Å². The molecular formula is C13H25NO5. The molecule has 0 aliphatic rings. The van der Waals surface area contributed by atoms with E-state index in [0.717, 1.165) is 0 Å². The van der Waals surface area contributed by atoms with Crippen molar-refractivity contribution in [3.05, 3.63) is 0 Å². The zero-order chi connectivity index (χ0) is 15.2. The smallest absolute Gasteiger partial charge is 0.407 e. The van der Waals surface area contributed by atoms with Gasteiger partial charge in [0.05, 0.1) is 13.2 Å². The number of ether oxygens (including phenoxy) is 2. The summed E-state index contributed by atoms with van der Waals surface area (Å²) >= 11 is 0. The fraction of sp³-hybridized carbons (Fsp3) is 0.846. The van der Waals surface area contributed by atoms with E-state index in [1.807, 2.05) is 13.8 Å². The monoisotopic (exact) mass is 275 g/mol. The van der Waals surface area contributed by atoms with Gasteiger partial charge in [0.2, 0.25) is 0 Å². The van der Waals surface area contributed by atoms with Gasteiger partial charge in [-0.25, -0.2) is 9.59 Å². The number of amides is 1. The molecule has 0 bridgehead atoms. The Balaban J connectivity index is 4.68. The van der Waals surface area contributed by atoms with Gasteiger partial charge in [0.15, 0.2) is 6.10 Å². The SMILES string of the molecule is COC(=O)[C@@H](O)[C@H](CC(C)C)NC(=O)OC(C)(C)C. The second kappa shape index (κ2) is 7.33. The highest BCUT2D eigenvalue weighted by Gasteiger charge is 2.30. The van der Waals surface area contributed by atoms with Crippen molar-refractivity contribution in [2.45, 2.75) is 58.8 Å². The van der Waals surface area contributed by atoms with Gasteiger partial charge in [-0.15, -0.1) is 0 Å². The maximum Gasteiger partial charge on any atom is 0.407 e. The van der Waals surface area contributed by atoms with Crippen LogP contribution < -0.4 is 5.32 Å². The summed E-state index contributed by atoms with van der Waals surface area (Å²) in [4.78, 5) is 23.0. The van der Waals surface area contributed by atoms with E-state index in [1.54, 1.807) is 20.8 Å². The number of hydrogen-bond acceptors (Lipinski definition) is 5. The molecule has 0 aliphatic heterocycles. The fourth-order valence-electron chi connectivity index (χ4n) is 1.52. The molecule has 0 aromatic heterocycles. The van der Waals surface area contributed by atoms with Crippen LogP contribution >= 0.6 is 0 Å². The minimum absolute atomic E-state index is 0.194. The van der Waals surface area contributed by atoms with Crippen molar-refractivity contribution < 1.29 is 24.2 Å². The number of aliphatic hydroxyl groups excluding tert-OH is 1. The normalized spacial score (nSPS) is 14.7. The molecule has 0 saturated heterocycles. The van der Waals surface area contributed by atoms with Gasteiger partial charge >= 0.3 is 12.1 Å². The van der Waals surface area contributed by atoms with Gasteiger partial charge in [-0.05, 0) is 33.1 Å². The lowest BCUT2D eigenvalue weighted by Gasteiger charge is -2.26. The number of carbonyl (C=O) groups excluding carboxylic acids is 2. The van der Waals surface area contributed by atoms with E-state index in [1.165, 1.54) is 7.11 Å². The van der Waals surface area contributed by atoms with Crippen molar-refractivity contribution in [1.82, 2.24) is 5.32 Å². The average molecular weight is 275 g/mol. The van der Waals surface area contributed by atoms with Gasteiger partial charge in [0, 0.05) is 0 Å². The molecule has 19 heavy (non-hydrogen) atoms. The molecule has 0 aliphatic carbocycles. The Morgan fingerprint density at radius 2 is 1.79 bits per heavy atom. The highest BCUT2D eigenvalue weighted by molar-refractivity contribution is 5.76. The molecule has 0 spiro atoms. The molecule has 1 amide bonds. The summed E-state index contributed by atoms with van der Waals surface area (Å²) in [7, 11) is 1.19. The second-order valence-electron chi connectivity index (χ2n) is 5.85. The van der Waals surface area contributed by atoms with Crippen molar-refractivity contribution in [2.75, 3.05) is 7.11 Å². The van der Waals surface area contributed by atoms with Crippen LogP contribution in [0.5, 0.6) is 0 Å². The number of rotatable bonds is 5. The molecule has 0 unspecified atom stereocenters. The molecule has 2 atom stereocenters. The Kier molecular flexibility index (Phi) is 6.83. The zero-order valence-corrected chi connectivity index (χ0v) is 12.5. The summed E-state index contributed by atoms with van der Waals surface area (Å²) in [6.07, 6.45) is -1.63. The molecule has 6 nitrogen and oxygen atoms in total. The van der Waals surface area contributed by atoms with Crippen LogP contribution in [0.2, 0.25) is 0 Å². The molecule has 2 N–H and O–H groups in total. The number of carbonyl (C=O) groups is 2. The van der Waals surface area contributed by atoms with Crippen molar-refractivity contribution >= 4 is 12.1 Å². The molecule has 0 saturated carbocycles. The maximum absolute atomic E-state index is 11.7. The topological polar surface area (TPSA) is 84.9 Å². The Bertz CT molecular complexity index is 309. The van der Waals surface area contributed by atoms with Crippen molar-refractivity contribution in [3.8, 4) is 0 Å². The number of hydrogen-bond donors (Lipinski definition) is 2. The number of nitrogens with one attached hydrogen (secondary N) is 1. The Hall–Kier alpha value is -1.30. The summed E-state index contributed by atoms with van der Waals surface area (Å²) in [5.74, 6) is -0.582. The van der Waals surface area contributed by atoms with Crippen LogP contribution in [-0.2, 0) is 14.3 Å². The third kappa shape index (κ3) is 7.66. The van der Waals surface area contributed by atoms with E-state index in [9.17, 15) is 14.7 Å². The number of esters is 1. The minimum atomic E-state index is -1.40. The van der Waals surface area contributed by atoms with Crippen LogP contribution in [0.1, 0.15) is 41.0 Å². The first-order chi connectivity index (χ1) is 8.56. The Labute approximate surface area is 114 Å². The van der Waals surface area contributed by atoms with Crippen molar-refractivity contribution in [1.29, 1.82) is 0 Å². The lowest BCUT2D eigenvalue weighted by Crippen LogP contribution is -2.49. The first kappa shape index (κ1) is 17.7. The molecule has 0 aromatic carbocycles. The minimum Gasteiger partial charge on any atom is -0.467 e. The molecule has 0 aromatic rings. The van der Waals surface area contributed by atoms with Crippen LogP contribution in [0.4, 0.5) is 4.79 Å². The molecule has 0 fully saturated rings. The molecule has 6 heteroatoms. The third-order valence-corrected chi connectivity index (χ3v) is 2.25. The van der Waals surface area contributed by atoms with Gasteiger partial charge in [-0.2, -0.15) is 0 Å².